The van der Waals surface area contributed by atoms with Crippen molar-refractivity contribution in [3.63, 3.8) is 0 Å². The summed E-state index contributed by atoms with van der Waals surface area (Å²) in [5.74, 6) is 0.123. The minimum Gasteiger partial charge on any atom is -0.496 e. The van der Waals surface area contributed by atoms with Crippen molar-refractivity contribution in [3.05, 3.63) is 52.8 Å². The highest BCUT2D eigenvalue weighted by molar-refractivity contribution is 7.90. The molecule has 0 atom stereocenters. The molecule has 0 radical (unpaired) electrons. The van der Waals surface area contributed by atoms with Gasteiger partial charge < -0.3 is 4.74 Å². The average Bonchev–Trinajstić information content (AvgIpc) is 2.72. The van der Waals surface area contributed by atoms with E-state index in [0.29, 0.717) is 11.4 Å². The molecule has 1 aromatic carbocycles. The van der Waals surface area contributed by atoms with Gasteiger partial charge in [-0.25, -0.2) is 12.7 Å². The van der Waals surface area contributed by atoms with Gasteiger partial charge in [0.1, 0.15) is 10.6 Å². The fourth-order valence-corrected chi connectivity index (χ4v) is 4.28. The van der Waals surface area contributed by atoms with Gasteiger partial charge in [0.15, 0.2) is 0 Å². The normalized spacial score (nSPS) is 15.6. The van der Waals surface area contributed by atoms with Gasteiger partial charge in [0.2, 0.25) is 0 Å². The fraction of sp³-hybridized carbons (Fsp3) is 0.250. The van der Waals surface area contributed by atoms with Crippen LogP contribution in [-0.4, -0.2) is 30.7 Å². The van der Waals surface area contributed by atoms with Crippen LogP contribution in [0, 0.1) is 13.8 Å². The summed E-state index contributed by atoms with van der Waals surface area (Å²) in [4.78, 5) is 16.8. The van der Waals surface area contributed by atoms with Crippen LogP contribution in [0.2, 0.25) is 0 Å². The van der Waals surface area contributed by atoms with Crippen LogP contribution in [0.1, 0.15) is 27.2 Å². The molecule has 2 heterocycles. The summed E-state index contributed by atoms with van der Waals surface area (Å²) >= 11 is 0. The van der Waals surface area contributed by atoms with Gasteiger partial charge in [-0.1, -0.05) is 12.1 Å². The summed E-state index contributed by atoms with van der Waals surface area (Å²) in [6.45, 7) is 3.54. The lowest BCUT2D eigenvalue weighted by atomic mass is 10.1. The van der Waals surface area contributed by atoms with Crippen LogP contribution in [0.4, 0.5) is 0 Å². The minimum absolute atomic E-state index is 0.0433. The van der Waals surface area contributed by atoms with Crippen LogP contribution >= 0.6 is 0 Å². The van der Waals surface area contributed by atoms with E-state index >= 15 is 0 Å². The highest BCUT2D eigenvalue weighted by atomic mass is 32.2. The maximum atomic E-state index is 12.6. The zero-order valence-corrected chi connectivity index (χ0v) is 13.8. The van der Waals surface area contributed by atoms with Gasteiger partial charge in [0.25, 0.3) is 15.9 Å². The first-order valence-corrected chi connectivity index (χ1v) is 8.47. The van der Waals surface area contributed by atoms with E-state index in [0.717, 1.165) is 15.4 Å². The number of aryl methyl sites for hydroxylation is 1. The van der Waals surface area contributed by atoms with Crippen molar-refractivity contribution in [3.8, 4) is 5.75 Å². The second-order valence-corrected chi connectivity index (χ2v) is 7.19. The maximum absolute atomic E-state index is 12.6. The molecular formula is C16H16N2O4S. The van der Waals surface area contributed by atoms with Gasteiger partial charge >= 0.3 is 0 Å². The number of amides is 1. The molecule has 1 amide bonds. The van der Waals surface area contributed by atoms with Crippen LogP contribution in [0.5, 0.6) is 5.75 Å². The van der Waals surface area contributed by atoms with E-state index in [1.54, 1.807) is 32.4 Å². The Morgan fingerprint density at radius 1 is 1.22 bits per heavy atom. The van der Waals surface area contributed by atoms with Gasteiger partial charge in [0, 0.05) is 17.3 Å². The summed E-state index contributed by atoms with van der Waals surface area (Å²) in [5, 5.41) is 0. The Morgan fingerprint density at radius 3 is 2.57 bits per heavy atom. The molecule has 1 aliphatic rings. The molecule has 7 heteroatoms. The Labute approximate surface area is 134 Å². The summed E-state index contributed by atoms with van der Waals surface area (Å²) in [7, 11) is -2.29. The maximum Gasteiger partial charge on any atom is 0.269 e. The monoisotopic (exact) mass is 332 g/mol. The molecule has 0 unspecified atom stereocenters. The van der Waals surface area contributed by atoms with E-state index in [1.807, 2.05) is 6.92 Å². The smallest absolute Gasteiger partial charge is 0.269 e. The van der Waals surface area contributed by atoms with Crippen molar-refractivity contribution in [2.24, 2.45) is 0 Å². The standard InChI is InChI=1S/C16H16N2O4S/c1-10-8-17-13(11(2)15(10)22-3)9-18-16(19)12-6-4-5-7-14(12)23(18,20)21/h4-8H,9H2,1-3H3. The summed E-state index contributed by atoms with van der Waals surface area (Å²) in [5.41, 5.74) is 2.28. The first-order valence-electron chi connectivity index (χ1n) is 7.03. The highest BCUT2D eigenvalue weighted by Gasteiger charge is 2.41. The Kier molecular flexibility index (Phi) is 3.60. The van der Waals surface area contributed by atoms with Gasteiger partial charge in [-0.2, -0.15) is 0 Å². The summed E-state index contributed by atoms with van der Waals surface area (Å²) < 4.78 is 31.3. The number of rotatable bonds is 3. The molecule has 0 saturated carbocycles. The molecule has 1 aromatic heterocycles. The van der Waals surface area contributed by atoms with Crippen LogP contribution in [-0.2, 0) is 16.6 Å². The molecule has 1 aliphatic heterocycles. The van der Waals surface area contributed by atoms with E-state index in [2.05, 4.69) is 4.98 Å². The molecule has 0 saturated heterocycles. The number of nitrogens with zero attached hydrogens (tertiary/aromatic N) is 2. The summed E-state index contributed by atoms with van der Waals surface area (Å²) in [6.07, 6.45) is 1.61. The van der Waals surface area contributed by atoms with E-state index < -0.39 is 15.9 Å². The first kappa shape index (κ1) is 15.5. The number of carbonyl (C=O) groups excluding carboxylic acids is 1. The topological polar surface area (TPSA) is 76.6 Å². The van der Waals surface area contributed by atoms with Crippen molar-refractivity contribution >= 4 is 15.9 Å². The lowest BCUT2D eigenvalue weighted by Crippen LogP contribution is -2.30. The minimum atomic E-state index is -3.84. The molecular weight excluding hydrogens is 316 g/mol. The highest BCUT2D eigenvalue weighted by Crippen LogP contribution is 2.32. The van der Waals surface area contributed by atoms with Crippen LogP contribution in [0.15, 0.2) is 35.4 Å². The Balaban J connectivity index is 2.04. The number of methoxy groups -OCH3 is 1. The first-order chi connectivity index (χ1) is 10.9. The van der Waals surface area contributed by atoms with Gasteiger partial charge in [0.05, 0.1) is 24.9 Å². The van der Waals surface area contributed by atoms with Crippen molar-refractivity contribution in [2.45, 2.75) is 25.3 Å². The Morgan fingerprint density at radius 2 is 1.91 bits per heavy atom. The quantitative estimate of drug-likeness (QED) is 0.860. The molecule has 23 heavy (non-hydrogen) atoms. The second kappa shape index (κ2) is 5.34. The third-order valence-corrected chi connectivity index (χ3v) is 5.74. The number of ether oxygens (including phenoxy) is 1. The summed E-state index contributed by atoms with van der Waals surface area (Å²) in [6, 6.07) is 6.21. The fourth-order valence-electron chi connectivity index (χ4n) is 2.75. The molecule has 0 N–H and O–H groups in total. The average molecular weight is 332 g/mol. The van der Waals surface area contributed by atoms with Gasteiger partial charge in [-0.05, 0) is 26.0 Å². The molecule has 120 valence electrons. The lowest BCUT2D eigenvalue weighted by Gasteiger charge is -2.18. The van der Waals surface area contributed by atoms with Crippen LogP contribution < -0.4 is 4.74 Å². The predicted molar refractivity (Wildman–Crippen MR) is 83.8 cm³/mol. The van der Waals surface area contributed by atoms with Crippen molar-refractivity contribution in [1.82, 2.24) is 9.29 Å². The number of pyridine rings is 1. The van der Waals surface area contributed by atoms with E-state index in [4.69, 9.17) is 4.74 Å². The van der Waals surface area contributed by atoms with Crippen LogP contribution in [0.3, 0.4) is 0 Å². The zero-order valence-electron chi connectivity index (χ0n) is 13.0. The molecule has 0 aliphatic carbocycles. The van der Waals surface area contributed by atoms with E-state index in [9.17, 15) is 13.2 Å². The third-order valence-electron chi connectivity index (χ3n) is 3.96. The molecule has 2 aromatic rings. The van der Waals surface area contributed by atoms with Gasteiger partial charge in [-0.15, -0.1) is 0 Å². The largest absolute Gasteiger partial charge is 0.496 e. The molecule has 3 rings (SSSR count). The number of hydrogen-bond acceptors (Lipinski definition) is 5. The van der Waals surface area contributed by atoms with Crippen LogP contribution in [0.25, 0.3) is 0 Å². The number of hydrogen-bond donors (Lipinski definition) is 0. The molecule has 0 bridgehead atoms. The number of fused-ring (bicyclic) bond motifs is 1. The van der Waals surface area contributed by atoms with E-state index in [1.165, 1.54) is 12.1 Å². The van der Waals surface area contributed by atoms with Crippen molar-refractivity contribution < 1.29 is 17.9 Å². The lowest BCUT2D eigenvalue weighted by molar-refractivity contribution is 0.0863. The van der Waals surface area contributed by atoms with E-state index in [-0.39, 0.29) is 17.0 Å². The zero-order chi connectivity index (χ0) is 16.8. The second-order valence-electron chi connectivity index (χ2n) is 5.36. The number of sulfonamides is 1. The Bertz CT molecular complexity index is 906. The van der Waals surface area contributed by atoms with Gasteiger partial charge in [-0.3, -0.25) is 9.78 Å². The molecule has 0 spiro atoms. The Hall–Kier alpha value is -2.41. The van der Waals surface area contributed by atoms with Crippen molar-refractivity contribution in [1.29, 1.82) is 0 Å². The third kappa shape index (κ3) is 2.28. The van der Waals surface area contributed by atoms with Crippen molar-refractivity contribution in [2.75, 3.05) is 7.11 Å². The number of benzene rings is 1. The number of aromatic nitrogens is 1. The molecule has 6 nitrogen and oxygen atoms in total. The number of carbonyl (C=O) groups is 1. The molecule has 0 fully saturated rings. The predicted octanol–water partition coefficient (Wildman–Crippen LogP) is 2.05. The SMILES string of the molecule is COc1c(C)cnc(CN2C(=O)c3ccccc3S2(=O)=O)c1C.